The molecule has 146 valence electrons. The predicted octanol–water partition coefficient (Wildman–Crippen LogP) is 2.40. The number of rotatable bonds is 3. The molecule has 6 nitrogen and oxygen atoms in total. The minimum absolute atomic E-state index is 0.264. The molecule has 0 unspecified atom stereocenters. The van der Waals surface area contributed by atoms with Gasteiger partial charge in [0.15, 0.2) is 5.78 Å². The van der Waals surface area contributed by atoms with E-state index in [-0.39, 0.29) is 24.1 Å². The van der Waals surface area contributed by atoms with Gasteiger partial charge in [0.25, 0.3) is 0 Å². The summed E-state index contributed by atoms with van der Waals surface area (Å²) in [6.45, 7) is 2.01. The fourth-order valence-corrected chi connectivity index (χ4v) is 4.83. The highest BCUT2D eigenvalue weighted by atomic mass is 19.1. The Hall–Kier alpha value is -3.35. The molecule has 2 amide bonds. The quantitative estimate of drug-likeness (QED) is 0.595. The number of imide groups is 1. The molecule has 0 aromatic heterocycles. The van der Waals surface area contributed by atoms with Crippen molar-refractivity contribution in [3.63, 3.8) is 0 Å². The number of carbonyl (C=O) groups excluding carboxylic acids is 3. The Morgan fingerprint density at radius 2 is 1.72 bits per heavy atom. The van der Waals surface area contributed by atoms with Crippen molar-refractivity contribution >= 4 is 23.8 Å². The zero-order valence-corrected chi connectivity index (χ0v) is 15.7. The van der Waals surface area contributed by atoms with Gasteiger partial charge in [-0.1, -0.05) is 24.3 Å². The molecule has 4 atom stereocenters. The van der Waals surface area contributed by atoms with Gasteiger partial charge < -0.3 is 0 Å². The Labute approximate surface area is 166 Å². The first-order chi connectivity index (χ1) is 14.0. The van der Waals surface area contributed by atoms with Gasteiger partial charge in [0, 0.05) is 12.1 Å². The van der Waals surface area contributed by atoms with Crippen molar-refractivity contribution < 1.29 is 18.8 Å². The Morgan fingerprint density at radius 3 is 2.45 bits per heavy atom. The maximum Gasteiger partial charge on any atom is 0.235 e. The summed E-state index contributed by atoms with van der Waals surface area (Å²) in [6.07, 6.45) is 1.66. The van der Waals surface area contributed by atoms with Crippen molar-refractivity contribution in [3.05, 3.63) is 71.0 Å². The number of hydrogen-bond donors (Lipinski definition) is 0. The molecule has 3 heterocycles. The monoisotopic (exact) mass is 391 g/mol. The van der Waals surface area contributed by atoms with E-state index in [0.717, 1.165) is 11.1 Å². The van der Waals surface area contributed by atoms with Crippen LogP contribution in [0.2, 0.25) is 0 Å². The fourth-order valence-electron chi connectivity index (χ4n) is 4.83. The van der Waals surface area contributed by atoms with Gasteiger partial charge in [0.05, 0.1) is 24.1 Å². The minimum atomic E-state index is -0.909. The summed E-state index contributed by atoms with van der Waals surface area (Å²) in [5.41, 5.74) is 2.05. The number of hydrogen-bond acceptors (Lipinski definition) is 5. The molecular formula is C22H18FN3O3. The largest absolute Gasteiger partial charge is 0.292 e. The van der Waals surface area contributed by atoms with E-state index < -0.39 is 29.7 Å². The highest BCUT2D eigenvalue weighted by Crippen LogP contribution is 2.52. The highest BCUT2D eigenvalue weighted by Gasteiger charge is 2.64. The van der Waals surface area contributed by atoms with Gasteiger partial charge in [-0.05, 0) is 42.3 Å². The first-order valence-electron chi connectivity index (χ1n) is 9.59. The van der Waals surface area contributed by atoms with E-state index in [9.17, 15) is 18.8 Å². The number of carbonyl (C=O) groups is 3. The molecular weight excluding hydrogens is 373 g/mol. The number of ketones is 1. The van der Waals surface area contributed by atoms with Gasteiger partial charge in [-0.3, -0.25) is 24.3 Å². The van der Waals surface area contributed by atoms with Crippen LogP contribution in [-0.2, 0) is 9.59 Å². The second-order valence-electron chi connectivity index (χ2n) is 7.49. The van der Waals surface area contributed by atoms with Crippen molar-refractivity contribution in [1.82, 2.24) is 9.91 Å². The van der Waals surface area contributed by atoms with Crippen LogP contribution >= 0.6 is 0 Å². The van der Waals surface area contributed by atoms with Crippen LogP contribution in [0, 0.1) is 17.7 Å². The minimum Gasteiger partial charge on any atom is -0.292 e. The van der Waals surface area contributed by atoms with Crippen molar-refractivity contribution in [1.29, 1.82) is 0 Å². The molecule has 0 bridgehead atoms. The van der Waals surface area contributed by atoms with E-state index in [4.69, 9.17) is 0 Å². The molecule has 0 spiro atoms. The van der Waals surface area contributed by atoms with E-state index in [1.54, 1.807) is 18.1 Å². The first-order valence-corrected chi connectivity index (χ1v) is 9.59. The molecule has 2 saturated heterocycles. The summed E-state index contributed by atoms with van der Waals surface area (Å²) in [5.74, 6) is -2.87. The van der Waals surface area contributed by atoms with Crippen molar-refractivity contribution in [3.8, 4) is 0 Å². The standard InChI is InChI=1S/C22H18FN3O3/c1-2-25-21(28)16-17(22(25)29)19(20(27)12-7-9-14(23)10-8-12)26-18(16)15-6-4-3-5-13(15)11-24-26/h3-11,16-19H,2H2,1H3/t16-,17+,18-,19-/m0/s1. The van der Waals surface area contributed by atoms with Crippen LogP contribution < -0.4 is 0 Å². The van der Waals surface area contributed by atoms with E-state index in [0.29, 0.717) is 5.56 Å². The van der Waals surface area contributed by atoms with E-state index in [2.05, 4.69) is 5.10 Å². The average Bonchev–Trinajstić information content (AvgIpc) is 3.21. The van der Waals surface area contributed by atoms with E-state index in [1.165, 1.54) is 29.2 Å². The second kappa shape index (κ2) is 6.34. The first kappa shape index (κ1) is 17.7. The van der Waals surface area contributed by atoms with Crippen molar-refractivity contribution in [2.75, 3.05) is 6.54 Å². The van der Waals surface area contributed by atoms with Gasteiger partial charge in [0.2, 0.25) is 11.8 Å². The number of benzene rings is 2. The lowest BCUT2D eigenvalue weighted by Gasteiger charge is -2.33. The molecule has 2 aromatic carbocycles. The predicted molar refractivity (Wildman–Crippen MR) is 103 cm³/mol. The summed E-state index contributed by atoms with van der Waals surface area (Å²) in [4.78, 5) is 40.8. The molecule has 29 heavy (non-hydrogen) atoms. The van der Waals surface area contributed by atoms with E-state index in [1.807, 2.05) is 24.3 Å². The molecule has 0 saturated carbocycles. The van der Waals surface area contributed by atoms with Crippen molar-refractivity contribution in [2.45, 2.75) is 19.0 Å². The lowest BCUT2D eigenvalue weighted by molar-refractivity contribution is -0.141. The Balaban J connectivity index is 1.65. The van der Waals surface area contributed by atoms with Gasteiger partial charge in [-0.25, -0.2) is 4.39 Å². The molecule has 5 rings (SSSR count). The van der Waals surface area contributed by atoms with Crippen LogP contribution in [0.1, 0.15) is 34.5 Å². The van der Waals surface area contributed by atoms with Gasteiger partial charge >= 0.3 is 0 Å². The van der Waals surface area contributed by atoms with Crippen LogP contribution in [-0.4, -0.2) is 46.3 Å². The number of hydrazone groups is 1. The summed E-state index contributed by atoms with van der Waals surface area (Å²) >= 11 is 0. The molecule has 3 aliphatic heterocycles. The summed E-state index contributed by atoms with van der Waals surface area (Å²) < 4.78 is 13.3. The van der Waals surface area contributed by atoms with Crippen LogP contribution in [0.4, 0.5) is 4.39 Å². The molecule has 0 aliphatic carbocycles. The zero-order valence-electron chi connectivity index (χ0n) is 15.7. The van der Waals surface area contributed by atoms with Crippen LogP contribution in [0.15, 0.2) is 53.6 Å². The van der Waals surface area contributed by atoms with Crippen molar-refractivity contribution in [2.24, 2.45) is 16.9 Å². The third kappa shape index (κ3) is 2.40. The van der Waals surface area contributed by atoms with E-state index >= 15 is 0 Å². The number of nitrogens with zero attached hydrogens (tertiary/aromatic N) is 3. The molecule has 7 heteroatoms. The highest BCUT2D eigenvalue weighted by molar-refractivity contribution is 6.12. The maximum absolute atomic E-state index is 13.4. The fraction of sp³-hybridized carbons (Fsp3) is 0.273. The molecule has 3 aliphatic rings. The smallest absolute Gasteiger partial charge is 0.235 e. The third-order valence-corrected chi connectivity index (χ3v) is 6.10. The van der Waals surface area contributed by atoms with Gasteiger partial charge in [0.1, 0.15) is 11.9 Å². The summed E-state index contributed by atoms with van der Waals surface area (Å²) in [6, 6.07) is 11.4. The zero-order chi connectivity index (χ0) is 20.3. The van der Waals surface area contributed by atoms with Crippen LogP contribution in [0.5, 0.6) is 0 Å². The number of amides is 2. The number of fused-ring (bicyclic) bond motifs is 5. The summed E-state index contributed by atoms with van der Waals surface area (Å²) in [7, 11) is 0. The SMILES string of the molecule is CCN1C(=O)[C@@H]2[C@H](C1=O)[C@@H]1c3ccccc3C=NN1[C@@H]2C(=O)c1ccc(F)cc1. The summed E-state index contributed by atoms with van der Waals surface area (Å²) in [5, 5.41) is 6.07. The second-order valence-corrected chi connectivity index (χ2v) is 7.49. The number of Topliss-reactive ketones (excluding diaryl/α,β-unsaturated/α-hetero) is 1. The lowest BCUT2D eigenvalue weighted by atomic mass is 9.83. The van der Waals surface area contributed by atoms with Crippen LogP contribution in [0.25, 0.3) is 0 Å². The Morgan fingerprint density at radius 1 is 1.03 bits per heavy atom. The van der Waals surface area contributed by atoms with Crippen LogP contribution in [0.3, 0.4) is 0 Å². The number of halogens is 1. The maximum atomic E-state index is 13.4. The van der Waals surface area contributed by atoms with Gasteiger partial charge in [-0.15, -0.1) is 0 Å². The molecule has 2 fully saturated rings. The Kier molecular flexibility index (Phi) is 3.87. The number of likely N-dealkylation sites (tertiary alicyclic amines) is 1. The topological polar surface area (TPSA) is 70.1 Å². The Bertz CT molecular complexity index is 1070. The van der Waals surface area contributed by atoms with Gasteiger partial charge in [-0.2, -0.15) is 5.10 Å². The normalized spacial score (nSPS) is 27.1. The molecule has 2 aromatic rings. The third-order valence-electron chi connectivity index (χ3n) is 6.10. The lowest BCUT2D eigenvalue weighted by Crippen LogP contribution is -2.44. The average molecular weight is 391 g/mol. The molecule has 0 N–H and O–H groups in total. The molecule has 0 radical (unpaired) electrons.